The molecule has 0 aromatic heterocycles. The molecule has 1 aromatic rings. The molecule has 38 heavy (non-hydrogen) atoms. The fraction of sp³-hybridized carbons (Fsp3) is 0.655. The van der Waals surface area contributed by atoms with E-state index >= 15 is 0 Å². The van der Waals surface area contributed by atoms with E-state index in [0.29, 0.717) is 24.8 Å². The number of carbonyl (C=O) groups excluding carboxylic acids is 3. The molecule has 6 atom stereocenters. The third-order valence-corrected chi connectivity index (χ3v) is 6.81. The average molecular weight is 536 g/mol. The number of ether oxygens (including phenoxy) is 3. The molecule has 1 aromatic carbocycles. The minimum Gasteiger partial charge on any atom is -0.480 e. The second-order valence-corrected chi connectivity index (χ2v) is 10.2. The molecule has 9 nitrogen and oxygen atoms in total. The Morgan fingerprint density at radius 2 is 1.34 bits per heavy atom. The molecule has 0 saturated heterocycles. The van der Waals surface area contributed by atoms with Crippen LogP contribution in [0.5, 0.6) is 11.5 Å². The first-order valence-corrected chi connectivity index (χ1v) is 13.6. The minimum absolute atomic E-state index is 0.0129. The molecule has 0 spiro atoms. The molecule has 0 heterocycles. The summed E-state index contributed by atoms with van der Waals surface area (Å²) in [5, 5.41) is 9.71. The lowest BCUT2D eigenvalue weighted by atomic mass is 9.82. The number of hydrogen-bond acceptors (Lipinski definition) is 8. The quantitative estimate of drug-likeness (QED) is 0.218. The predicted molar refractivity (Wildman–Crippen MR) is 144 cm³/mol. The summed E-state index contributed by atoms with van der Waals surface area (Å²) in [4.78, 5) is 49.5. The minimum atomic E-state index is -1.33. The number of benzene rings is 1. The van der Waals surface area contributed by atoms with Gasteiger partial charge in [0.25, 0.3) is 0 Å². The molecule has 0 fully saturated rings. The first-order chi connectivity index (χ1) is 17.9. The fourth-order valence-electron chi connectivity index (χ4n) is 4.09. The van der Waals surface area contributed by atoms with Crippen LogP contribution in [0.3, 0.4) is 0 Å². The Hall–Kier alpha value is -2.94. The lowest BCUT2D eigenvalue weighted by Crippen LogP contribution is -2.41. The van der Waals surface area contributed by atoms with Crippen LogP contribution in [0.2, 0.25) is 0 Å². The molecule has 0 aliphatic carbocycles. The van der Waals surface area contributed by atoms with Gasteiger partial charge in [-0.15, -0.1) is 0 Å². The van der Waals surface area contributed by atoms with Gasteiger partial charge < -0.3 is 25.1 Å². The van der Waals surface area contributed by atoms with Crippen LogP contribution in [-0.2, 0) is 23.9 Å². The molecule has 0 bridgehead atoms. The third-order valence-electron chi connectivity index (χ3n) is 6.81. The van der Waals surface area contributed by atoms with Crippen LogP contribution < -0.4 is 15.2 Å². The summed E-state index contributed by atoms with van der Waals surface area (Å²) >= 11 is 0. The highest BCUT2D eigenvalue weighted by molar-refractivity contribution is 5.79. The van der Waals surface area contributed by atoms with Crippen molar-refractivity contribution in [3.8, 4) is 11.5 Å². The van der Waals surface area contributed by atoms with Gasteiger partial charge in [-0.25, -0.2) is 0 Å². The Kier molecular flexibility index (Phi) is 14.0. The monoisotopic (exact) mass is 535 g/mol. The topological polar surface area (TPSA) is 142 Å². The summed E-state index contributed by atoms with van der Waals surface area (Å²) in [5.74, 6) is -4.75. The van der Waals surface area contributed by atoms with Gasteiger partial charge in [0.1, 0.15) is 6.04 Å². The normalized spacial score (nSPS) is 15.9. The Balaban J connectivity index is 3.43. The number of rotatable bonds is 16. The van der Waals surface area contributed by atoms with Gasteiger partial charge in [-0.05, 0) is 42.9 Å². The lowest BCUT2D eigenvalue weighted by molar-refractivity contribution is -0.149. The van der Waals surface area contributed by atoms with Gasteiger partial charge in [0.15, 0.2) is 11.5 Å². The molecule has 5 unspecified atom stereocenters. The Morgan fingerprint density at radius 3 is 1.82 bits per heavy atom. The van der Waals surface area contributed by atoms with Crippen LogP contribution in [-0.4, -0.2) is 41.6 Å². The van der Waals surface area contributed by atoms with Crippen molar-refractivity contribution in [2.24, 2.45) is 29.4 Å². The maximum absolute atomic E-state index is 12.8. The van der Waals surface area contributed by atoms with Crippen molar-refractivity contribution in [3.63, 3.8) is 0 Å². The highest BCUT2D eigenvalue weighted by atomic mass is 16.6. The first kappa shape index (κ1) is 33.1. The number of aliphatic carboxylic acids is 1. The standard InChI is InChI=1S/C29H45NO8/c1-8-11-18(5)28(34)37-22-14-13-21(15-23(22)38-29(35)19(6)12-9-2)24(25(30)26(31)32)20(7)16-36-27(33)17(4)10-3/h13-15,17-20,24-25H,8-12,16,30H2,1-7H3,(H,31,32)/t17?,18?,19?,20?,24?,25-/m0/s1. The van der Waals surface area contributed by atoms with Gasteiger partial charge >= 0.3 is 23.9 Å². The number of nitrogens with two attached hydrogens (primary N) is 1. The molecular weight excluding hydrogens is 490 g/mol. The molecule has 9 heteroatoms. The fourth-order valence-corrected chi connectivity index (χ4v) is 4.09. The van der Waals surface area contributed by atoms with Crippen LogP contribution in [0.1, 0.15) is 92.1 Å². The summed E-state index contributed by atoms with van der Waals surface area (Å²) in [7, 11) is 0. The smallest absolute Gasteiger partial charge is 0.321 e. The highest BCUT2D eigenvalue weighted by Gasteiger charge is 2.33. The van der Waals surface area contributed by atoms with Crippen molar-refractivity contribution in [1.82, 2.24) is 0 Å². The second kappa shape index (κ2) is 16.1. The van der Waals surface area contributed by atoms with Crippen LogP contribution in [0.4, 0.5) is 0 Å². The van der Waals surface area contributed by atoms with Gasteiger partial charge in [0, 0.05) is 5.92 Å². The molecule has 0 aliphatic rings. The van der Waals surface area contributed by atoms with E-state index in [1.165, 1.54) is 12.1 Å². The van der Waals surface area contributed by atoms with Crippen molar-refractivity contribution >= 4 is 23.9 Å². The zero-order valence-electron chi connectivity index (χ0n) is 23.8. The van der Waals surface area contributed by atoms with E-state index in [2.05, 4.69) is 0 Å². The van der Waals surface area contributed by atoms with Crippen LogP contribution in [0.15, 0.2) is 18.2 Å². The van der Waals surface area contributed by atoms with Crippen molar-refractivity contribution in [2.75, 3.05) is 6.61 Å². The zero-order chi connectivity index (χ0) is 29.0. The Bertz CT molecular complexity index is 947. The van der Waals surface area contributed by atoms with Gasteiger partial charge in [-0.2, -0.15) is 0 Å². The predicted octanol–water partition coefficient (Wildman–Crippen LogP) is 5.09. The first-order valence-electron chi connectivity index (χ1n) is 13.6. The van der Waals surface area contributed by atoms with E-state index in [0.717, 1.165) is 12.8 Å². The van der Waals surface area contributed by atoms with Crippen LogP contribution in [0.25, 0.3) is 0 Å². The number of carboxylic acids is 1. The molecule has 214 valence electrons. The van der Waals surface area contributed by atoms with Crippen LogP contribution in [0, 0.1) is 23.7 Å². The van der Waals surface area contributed by atoms with E-state index in [1.54, 1.807) is 33.8 Å². The zero-order valence-corrected chi connectivity index (χ0v) is 23.8. The summed E-state index contributed by atoms with van der Waals surface area (Å²) in [6.07, 6.45) is 3.47. The van der Waals surface area contributed by atoms with Gasteiger partial charge in [0.2, 0.25) is 0 Å². The summed E-state index contributed by atoms with van der Waals surface area (Å²) in [6, 6.07) is 3.25. The molecular formula is C29H45NO8. The molecule has 1 rings (SSSR count). The summed E-state index contributed by atoms with van der Waals surface area (Å²) in [5.41, 5.74) is 6.54. The third kappa shape index (κ3) is 9.74. The van der Waals surface area contributed by atoms with Gasteiger partial charge in [-0.1, -0.05) is 67.4 Å². The number of hydrogen-bond donors (Lipinski definition) is 2. The Labute approximate surface area is 226 Å². The maximum Gasteiger partial charge on any atom is 0.321 e. The summed E-state index contributed by atoms with van der Waals surface area (Å²) in [6.45, 7) is 12.8. The van der Waals surface area contributed by atoms with Crippen molar-refractivity contribution in [1.29, 1.82) is 0 Å². The van der Waals surface area contributed by atoms with E-state index in [1.807, 2.05) is 20.8 Å². The summed E-state index contributed by atoms with van der Waals surface area (Å²) < 4.78 is 16.7. The molecule has 0 aliphatic heterocycles. The van der Waals surface area contributed by atoms with E-state index in [4.69, 9.17) is 19.9 Å². The lowest BCUT2D eigenvalue weighted by Gasteiger charge is -2.28. The molecule has 0 saturated carbocycles. The Morgan fingerprint density at radius 1 is 0.816 bits per heavy atom. The maximum atomic E-state index is 12.8. The van der Waals surface area contributed by atoms with Crippen molar-refractivity contribution < 1.29 is 38.5 Å². The van der Waals surface area contributed by atoms with E-state index < -0.39 is 35.8 Å². The SMILES string of the molecule is CCCC(C)C(=O)Oc1ccc(C(C(C)COC(=O)C(C)CC)[C@H](N)C(=O)O)cc1OC(=O)C(C)CCC. The molecule has 3 N–H and O–H groups in total. The van der Waals surface area contributed by atoms with E-state index in [9.17, 15) is 24.3 Å². The number of esters is 3. The molecule has 0 radical (unpaired) electrons. The number of carbonyl (C=O) groups is 4. The van der Waals surface area contributed by atoms with Crippen LogP contribution >= 0.6 is 0 Å². The van der Waals surface area contributed by atoms with E-state index in [-0.39, 0.29) is 41.8 Å². The highest BCUT2D eigenvalue weighted by Crippen LogP contribution is 2.36. The largest absolute Gasteiger partial charge is 0.480 e. The van der Waals surface area contributed by atoms with Crippen molar-refractivity contribution in [3.05, 3.63) is 23.8 Å². The van der Waals surface area contributed by atoms with Gasteiger partial charge in [-0.3, -0.25) is 19.2 Å². The molecule has 0 amide bonds. The average Bonchev–Trinajstić information content (AvgIpc) is 2.88. The second-order valence-electron chi connectivity index (χ2n) is 10.2. The van der Waals surface area contributed by atoms with Crippen molar-refractivity contribution in [2.45, 2.75) is 92.5 Å². The van der Waals surface area contributed by atoms with Gasteiger partial charge in [0.05, 0.1) is 24.4 Å². The number of carboxylic acid groups (broad SMARTS) is 1.